The van der Waals surface area contributed by atoms with E-state index >= 15 is 0 Å². The Hall–Kier alpha value is -1.28. The third-order valence-electron chi connectivity index (χ3n) is 2.90. The van der Waals surface area contributed by atoms with Gasteiger partial charge in [-0.2, -0.15) is 0 Å². The molecule has 0 aliphatic heterocycles. The third-order valence-corrected chi connectivity index (χ3v) is 3.43. The van der Waals surface area contributed by atoms with Crippen LogP contribution in [0, 0.1) is 0 Å². The summed E-state index contributed by atoms with van der Waals surface area (Å²) in [5, 5.41) is 3.43. The smallest absolute Gasteiger partial charge is 0.0400 e. The Morgan fingerprint density at radius 1 is 0.889 bits per heavy atom. The van der Waals surface area contributed by atoms with Gasteiger partial charge in [-0.25, -0.2) is 0 Å². The van der Waals surface area contributed by atoms with Gasteiger partial charge in [0.2, 0.25) is 0 Å². The Bertz CT molecular complexity index is 473. The predicted octanol–water partition coefficient (Wildman–Crippen LogP) is 5.01. The average molecular weight is 304 g/mol. The van der Waals surface area contributed by atoms with Gasteiger partial charge in [0.1, 0.15) is 0 Å². The van der Waals surface area contributed by atoms with E-state index in [-0.39, 0.29) is 0 Å². The molecule has 0 heterocycles. The normalized spacial score (nSPS) is 10.3. The first-order chi connectivity index (χ1) is 8.78. The summed E-state index contributed by atoms with van der Waals surface area (Å²) in [5.74, 6) is 0. The molecule has 1 nitrogen and oxygen atoms in total. The zero-order valence-electron chi connectivity index (χ0n) is 10.6. The zero-order valence-corrected chi connectivity index (χ0v) is 12.2. The summed E-state index contributed by atoms with van der Waals surface area (Å²) >= 11 is 3.44. The monoisotopic (exact) mass is 303 g/mol. The highest BCUT2D eigenvalue weighted by molar-refractivity contribution is 9.10. The Labute approximate surface area is 117 Å². The molecule has 18 heavy (non-hydrogen) atoms. The van der Waals surface area contributed by atoms with Gasteiger partial charge in [0.25, 0.3) is 0 Å². The first-order valence-corrected chi connectivity index (χ1v) is 7.14. The van der Waals surface area contributed by atoms with Crippen LogP contribution in [0.2, 0.25) is 0 Å². The number of nitrogens with one attached hydrogen (secondary N) is 1. The van der Waals surface area contributed by atoms with E-state index in [9.17, 15) is 0 Å². The SMILES string of the molecule is CCCc1ccc(NCc2ccc(Br)cc2)cc1. The first kappa shape index (κ1) is 13.2. The highest BCUT2D eigenvalue weighted by Gasteiger charge is 1.95. The van der Waals surface area contributed by atoms with Gasteiger partial charge in [-0.1, -0.05) is 53.5 Å². The summed E-state index contributed by atoms with van der Waals surface area (Å²) in [4.78, 5) is 0. The largest absolute Gasteiger partial charge is 0.381 e. The highest BCUT2D eigenvalue weighted by Crippen LogP contribution is 2.14. The van der Waals surface area contributed by atoms with E-state index < -0.39 is 0 Å². The van der Waals surface area contributed by atoms with Gasteiger partial charge in [-0.15, -0.1) is 0 Å². The molecule has 0 unspecified atom stereocenters. The maximum Gasteiger partial charge on any atom is 0.0400 e. The summed E-state index contributed by atoms with van der Waals surface area (Å²) in [5.41, 5.74) is 3.88. The Morgan fingerprint density at radius 3 is 2.11 bits per heavy atom. The van der Waals surface area contributed by atoms with E-state index in [1.54, 1.807) is 0 Å². The molecule has 0 aliphatic carbocycles. The van der Waals surface area contributed by atoms with E-state index in [1.165, 1.54) is 23.2 Å². The molecule has 0 bridgehead atoms. The third kappa shape index (κ3) is 3.88. The summed E-state index contributed by atoms with van der Waals surface area (Å²) in [6, 6.07) is 17.1. The second-order valence-electron chi connectivity index (χ2n) is 4.43. The molecule has 1 N–H and O–H groups in total. The maximum absolute atomic E-state index is 3.44. The van der Waals surface area contributed by atoms with E-state index in [0.29, 0.717) is 0 Å². The van der Waals surface area contributed by atoms with Gasteiger partial charge in [0.05, 0.1) is 0 Å². The second kappa shape index (κ2) is 6.60. The Kier molecular flexibility index (Phi) is 4.82. The second-order valence-corrected chi connectivity index (χ2v) is 5.34. The molecule has 0 fully saturated rings. The van der Waals surface area contributed by atoms with Crippen molar-refractivity contribution in [2.45, 2.75) is 26.3 Å². The molecular formula is C16H18BrN. The lowest BCUT2D eigenvalue weighted by atomic mass is 10.1. The number of hydrogen-bond acceptors (Lipinski definition) is 1. The van der Waals surface area contributed by atoms with Crippen LogP contribution in [0.25, 0.3) is 0 Å². The summed E-state index contributed by atoms with van der Waals surface area (Å²) in [6.07, 6.45) is 2.36. The lowest BCUT2D eigenvalue weighted by molar-refractivity contribution is 0.922. The topological polar surface area (TPSA) is 12.0 Å². The highest BCUT2D eigenvalue weighted by atomic mass is 79.9. The van der Waals surface area contributed by atoms with Crippen LogP contribution in [0.5, 0.6) is 0 Å². The molecule has 94 valence electrons. The maximum atomic E-state index is 3.44. The average Bonchev–Trinajstić information content (AvgIpc) is 2.40. The Balaban J connectivity index is 1.91. The van der Waals surface area contributed by atoms with Crippen LogP contribution in [-0.4, -0.2) is 0 Å². The van der Waals surface area contributed by atoms with Crippen molar-refractivity contribution in [2.75, 3.05) is 5.32 Å². The van der Waals surface area contributed by atoms with E-state index in [0.717, 1.165) is 17.4 Å². The predicted molar refractivity (Wildman–Crippen MR) is 81.9 cm³/mol. The number of anilines is 1. The fourth-order valence-electron chi connectivity index (χ4n) is 1.88. The number of benzene rings is 2. The molecule has 2 aromatic rings. The standard InChI is InChI=1S/C16H18BrN/c1-2-3-13-6-10-16(11-7-13)18-12-14-4-8-15(17)9-5-14/h4-11,18H,2-3,12H2,1H3. The Morgan fingerprint density at radius 2 is 1.50 bits per heavy atom. The molecule has 2 heteroatoms. The van der Waals surface area contributed by atoms with Crippen molar-refractivity contribution >= 4 is 21.6 Å². The van der Waals surface area contributed by atoms with Crippen LogP contribution < -0.4 is 5.32 Å². The van der Waals surface area contributed by atoms with Crippen molar-refractivity contribution in [1.29, 1.82) is 0 Å². The molecule has 0 amide bonds. The van der Waals surface area contributed by atoms with Gasteiger partial charge in [-0.3, -0.25) is 0 Å². The number of halogens is 1. The summed E-state index contributed by atoms with van der Waals surface area (Å²) < 4.78 is 1.12. The molecule has 0 radical (unpaired) electrons. The minimum absolute atomic E-state index is 0.862. The fourth-order valence-corrected chi connectivity index (χ4v) is 2.15. The lowest BCUT2D eigenvalue weighted by Crippen LogP contribution is -1.99. The number of rotatable bonds is 5. The minimum atomic E-state index is 0.862. The zero-order chi connectivity index (χ0) is 12.8. The van der Waals surface area contributed by atoms with Crippen LogP contribution in [0.15, 0.2) is 53.0 Å². The van der Waals surface area contributed by atoms with Crippen molar-refractivity contribution in [3.05, 3.63) is 64.1 Å². The molecule has 0 spiro atoms. The molecule has 0 aromatic heterocycles. The molecule has 0 atom stereocenters. The molecular weight excluding hydrogens is 286 g/mol. The van der Waals surface area contributed by atoms with Crippen LogP contribution in [-0.2, 0) is 13.0 Å². The number of hydrogen-bond donors (Lipinski definition) is 1. The van der Waals surface area contributed by atoms with Crippen LogP contribution in [0.1, 0.15) is 24.5 Å². The summed E-state index contributed by atoms with van der Waals surface area (Å²) in [7, 11) is 0. The number of aryl methyl sites for hydroxylation is 1. The molecule has 2 aromatic carbocycles. The van der Waals surface area contributed by atoms with Gasteiger partial charge >= 0.3 is 0 Å². The lowest BCUT2D eigenvalue weighted by Gasteiger charge is -2.07. The van der Waals surface area contributed by atoms with Crippen molar-refractivity contribution in [3.8, 4) is 0 Å². The van der Waals surface area contributed by atoms with Crippen molar-refractivity contribution in [2.24, 2.45) is 0 Å². The van der Waals surface area contributed by atoms with Gasteiger partial charge < -0.3 is 5.32 Å². The van der Waals surface area contributed by atoms with Crippen molar-refractivity contribution in [3.63, 3.8) is 0 Å². The minimum Gasteiger partial charge on any atom is -0.381 e. The molecule has 0 saturated heterocycles. The van der Waals surface area contributed by atoms with Crippen LogP contribution in [0.3, 0.4) is 0 Å². The van der Waals surface area contributed by atoms with Gasteiger partial charge in [-0.05, 0) is 41.8 Å². The molecule has 0 aliphatic rings. The van der Waals surface area contributed by atoms with Gasteiger partial charge in [0.15, 0.2) is 0 Å². The van der Waals surface area contributed by atoms with E-state index in [4.69, 9.17) is 0 Å². The first-order valence-electron chi connectivity index (χ1n) is 6.35. The fraction of sp³-hybridized carbons (Fsp3) is 0.250. The van der Waals surface area contributed by atoms with Crippen molar-refractivity contribution < 1.29 is 0 Å². The summed E-state index contributed by atoms with van der Waals surface area (Å²) in [6.45, 7) is 3.07. The quantitative estimate of drug-likeness (QED) is 0.818. The molecule has 0 saturated carbocycles. The van der Waals surface area contributed by atoms with Crippen molar-refractivity contribution in [1.82, 2.24) is 0 Å². The van der Waals surface area contributed by atoms with Gasteiger partial charge in [0, 0.05) is 16.7 Å². The van der Waals surface area contributed by atoms with E-state index in [2.05, 4.69) is 76.7 Å². The van der Waals surface area contributed by atoms with Crippen LogP contribution >= 0.6 is 15.9 Å². The van der Waals surface area contributed by atoms with Crippen LogP contribution in [0.4, 0.5) is 5.69 Å². The molecule has 2 rings (SSSR count). The van der Waals surface area contributed by atoms with E-state index in [1.807, 2.05) is 0 Å².